The van der Waals surface area contributed by atoms with Gasteiger partial charge in [-0.1, -0.05) is 6.92 Å². The number of hydrogen-bond acceptors (Lipinski definition) is 3. The second-order valence-electron chi connectivity index (χ2n) is 2.63. The highest BCUT2D eigenvalue weighted by molar-refractivity contribution is 6.18. The number of rotatable bonds is 4. The van der Waals surface area contributed by atoms with Gasteiger partial charge in [0.25, 0.3) is 0 Å². The van der Waals surface area contributed by atoms with E-state index < -0.39 is 6.10 Å². The van der Waals surface area contributed by atoms with E-state index in [0.29, 0.717) is 12.7 Å². The third-order valence-corrected chi connectivity index (χ3v) is 1.75. The second-order valence-corrected chi connectivity index (χ2v) is 2.94. The predicted molar refractivity (Wildman–Crippen MR) is 48.6 cm³/mol. The molecule has 0 saturated carbocycles. The Morgan fingerprint density at radius 3 is 2.42 bits per heavy atom. The normalized spacial score (nSPS) is 22.5. The van der Waals surface area contributed by atoms with Crippen LogP contribution in [0.15, 0.2) is 0 Å². The Kier molecular flexibility index (Phi) is 7.91. The molecule has 1 heterocycles. The molecule has 0 radical (unpaired) electrons. The molecule has 0 aromatic rings. The molecule has 1 fully saturated rings. The number of epoxide rings is 1. The Bertz CT molecular complexity index is 96.3. The smallest absolute Gasteiger partial charge is 0.0908 e. The number of aliphatic hydroxyl groups is 1. The zero-order valence-corrected chi connectivity index (χ0v) is 8.38. The summed E-state index contributed by atoms with van der Waals surface area (Å²) >= 11 is 5.20. The number of methoxy groups -OCH3 is 1. The van der Waals surface area contributed by atoms with Crippen molar-refractivity contribution in [2.75, 3.05) is 26.2 Å². The van der Waals surface area contributed by atoms with E-state index in [1.807, 2.05) is 0 Å². The molecule has 4 heteroatoms. The fraction of sp³-hybridized carbons (Fsp3) is 1.00. The van der Waals surface area contributed by atoms with Crippen LogP contribution in [0.3, 0.4) is 0 Å². The minimum absolute atomic E-state index is 0.244. The van der Waals surface area contributed by atoms with Crippen molar-refractivity contribution in [3.8, 4) is 0 Å². The minimum atomic E-state index is -0.508. The summed E-state index contributed by atoms with van der Waals surface area (Å²) in [4.78, 5) is 0. The average molecular weight is 197 g/mol. The van der Waals surface area contributed by atoms with Crippen LogP contribution in [0.25, 0.3) is 0 Å². The van der Waals surface area contributed by atoms with Gasteiger partial charge in [-0.25, -0.2) is 0 Å². The number of ether oxygens (including phenoxy) is 2. The van der Waals surface area contributed by atoms with E-state index >= 15 is 0 Å². The Morgan fingerprint density at radius 1 is 1.75 bits per heavy atom. The lowest BCUT2D eigenvalue weighted by Crippen LogP contribution is -2.14. The Balaban J connectivity index is 0.000000211. The molecule has 3 nitrogen and oxygen atoms in total. The van der Waals surface area contributed by atoms with Gasteiger partial charge in [0, 0.05) is 7.11 Å². The molecule has 0 bridgehead atoms. The maximum Gasteiger partial charge on any atom is 0.0908 e. The number of aliphatic hydroxyl groups excluding tert-OH is 1. The van der Waals surface area contributed by atoms with Gasteiger partial charge in [-0.05, 0) is 6.42 Å². The van der Waals surface area contributed by atoms with Crippen molar-refractivity contribution in [1.29, 1.82) is 0 Å². The van der Waals surface area contributed by atoms with Gasteiger partial charge in [-0.15, -0.1) is 11.6 Å². The van der Waals surface area contributed by atoms with E-state index in [0.717, 1.165) is 6.61 Å². The molecule has 0 amide bonds. The molecule has 0 spiro atoms. The molecule has 74 valence electrons. The average Bonchev–Trinajstić information content (AvgIpc) is 2.88. The fourth-order valence-corrected chi connectivity index (χ4v) is 0.630. The first-order valence-electron chi connectivity index (χ1n) is 4.09. The van der Waals surface area contributed by atoms with Crippen LogP contribution < -0.4 is 0 Å². The molecule has 0 aliphatic carbocycles. The predicted octanol–water partition coefficient (Wildman–Crippen LogP) is 1.03. The topological polar surface area (TPSA) is 42.0 Å². The monoisotopic (exact) mass is 196 g/mol. The molecule has 12 heavy (non-hydrogen) atoms. The van der Waals surface area contributed by atoms with E-state index in [1.165, 1.54) is 13.5 Å². The van der Waals surface area contributed by atoms with Crippen LogP contribution in [0.1, 0.15) is 13.3 Å². The zero-order valence-electron chi connectivity index (χ0n) is 7.62. The lowest BCUT2D eigenvalue weighted by Gasteiger charge is -2.01. The molecular formula is C8H17ClO3. The van der Waals surface area contributed by atoms with E-state index in [1.54, 1.807) is 0 Å². The third kappa shape index (κ3) is 8.27. The second kappa shape index (κ2) is 7.80. The first-order chi connectivity index (χ1) is 5.74. The molecule has 1 saturated heterocycles. The van der Waals surface area contributed by atoms with Gasteiger partial charge >= 0.3 is 0 Å². The summed E-state index contributed by atoms with van der Waals surface area (Å²) in [6.07, 6.45) is 1.32. The summed E-state index contributed by atoms with van der Waals surface area (Å²) in [5.41, 5.74) is 0. The SMILES string of the molecule is CCC1CO1.COCC(O)CCl. The summed E-state index contributed by atoms with van der Waals surface area (Å²) < 4.78 is 9.42. The Morgan fingerprint density at radius 2 is 2.33 bits per heavy atom. The molecule has 2 atom stereocenters. The standard InChI is InChI=1S/C4H9ClO2.C4H8O/c1-7-3-4(6)2-5;1-2-4-3-5-4/h4,6H,2-3H2,1H3;4H,2-3H2,1H3. The number of halogens is 1. The van der Waals surface area contributed by atoms with Crippen LogP contribution >= 0.6 is 11.6 Å². The van der Waals surface area contributed by atoms with Gasteiger partial charge in [-0.2, -0.15) is 0 Å². The van der Waals surface area contributed by atoms with Gasteiger partial charge in [0.2, 0.25) is 0 Å². The van der Waals surface area contributed by atoms with Gasteiger partial charge in [0.1, 0.15) is 0 Å². The first kappa shape index (κ1) is 12.2. The van der Waals surface area contributed by atoms with E-state index in [4.69, 9.17) is 21.4 Å². The minimum Gasteiger partial charge on any atom is -0.389 e. The van der Waals surface area contributed by atoms with Gasteiger partial charge < -0.3 is 14.6 Å². The van der Waals surface area contributed by atoms with Crippen molar-refractivity contribution in [3.05, 3.63) is 0 Å². The van der Waals surface area contributed by atoms with Crippen molar-refractivity contribution in [2.24, 2.45) is 0 Å². The summed E-state index contributed by atoms with van der Waals surface area (Å²) in [6.45, 7) is 3.47. The van der Waals surface area contributed by atoms with E-state index in [2.05, 4.69) is 11.7 Å². The summed E-state index contributed by atoms with van der Waals surface area (Å²) in [5, 5.41) is 8.60. The summed E-state index contributed by atoms with van der Waals surface area (Å²) in [7, 11) is 1.52. The van der Waals surface area contributed by atoms with Crippen molar-refractivity contribution in [1.82, 2.24) is 0 Å². The molecular weight excluding hydrogens is 180 g/mol. The lowest BCUT2D eigenvalue weighted by molar-refractivity contribution is 0.0786. The van der Waals surface area contributed by atoms with Gasteiger partial charge in [0.15, 0.2) is 0 Å². The lowest BCUT2D eigenvalue weighted by atomic mass is 10.4. The number of alkyl halides is 1. The molecule has 0 aromatic carbocycles. The maximum absolute atomic E-state index is 8.60. The quantitative estimate of drug-likeness (QED) is 0.540. The molecule has 2 unspecified atom stereocenters. The highest BCUT2D eigenvalue weighted by atomic mass is 35.5. The van der Waals surface area contributed by atoms with Crippen molar-refractivity contribution < 1.29 is 14.6 Å². The van der Waals surface area contributed by atoms with Crippen LogP contribution in [0.2, 0.25) is 0 Å². The molecule has 1 aliphatic rings. The van der Waals surface area contributed by atoms with E-state index in [-0.39, 0.29) is 5.88 Å². The van der Waals surface area contributed by atoms with Crippen molar-refractivity contribution >= 4 is 11.6 Å². The Labute approximate surface area is 78.6 Å². The fourth-order valence-electron chi connectivity index (χ4n) is 0.541. The van der Waals surface area contributed by atoms with Crippen LogP contribution in [0.5, 0.6) is 0 Å². The molecule has 1 rings (SSSR count). The van der Waals surface area contributed by atoms with Crippen LogP contribution in [0.4, 0.5) is 0 Å². The van der Waals surface area contributed by atoms with Crippen LogP contribution in [-0.4, -0.2) is 43.5 Å². The maximum atomic E-state index is 8.60. The summed E-state index contributed by atoms with van der Waals surface area (Å²) in [5.74, 6) is 0.244. The highest BCUT2D eigenvalue weighted by Gasteiger charge is 2.18. The molecule has 1 aliphatic heterocycles. The summed E-state index contributed by atoms with van der Waals surface area (Å²) in [6, 6.07) is 0. The third-order valence-electron chi connectivity index (χ3n) is 1.39. The van der Waals surface area contributed by atoms with E-state index in [9.17, 15) is 0 Å². The van der Waals surface area contributed by atoms with Gasteiger partial charge in [0.05, 0.1) is 31.3 Å². The first-order valence-corrected chi connectivity index (χ1v) is 4.62. The number of hydrogen-bond donors (Lipinski definition) is 1. The largest absolute Gasteiger partial charge is 0.389 e. The van der Waals surface area contributed by atoms with Crippen LogP contribution in [-0.2, 0) is 9.47 Å². The van der Waals surface area contributed by atoms with Crippen LogP contribution in [0, 0.1) is 0 Å². The van der Waals surface area contributed by atoms with Gasteiger partial charge in [-0.3, -0.25) is 0 Å². The van der Waals surface area contributed by atoms with Crippen molar-refractivity contribution in [2.45, 2.75) is 25.6 Å². The molecule has 0 aromatic heterocycles. The Hall–Kier alpha value is 0.170. The van der Waals surface area contributed by atoms with Crippen molar-refractivity contribution in [3.63, 3.8) is 0 Å². The highest BCUT2D eigenvalue weighted by Crippen LogP contribution is 2.10. The molecule has 1 N–H and O–H groups in total. The zero-order chi connectivity index (χ0) is 9.40.